The largest absolute Gasteiger partial charge is 0.496 e. The summed E-state index contributed by atoms with van der Waals surface area (Å²) in [7, 11) is 1.57. The number of ether oxygens (including phenoxy) is 1. The highest BCUT2D eigenvalue weighted by atomic mass is 16.5. The summed E-state index contributed by atoms with van der Waals surface area (Å²) in [4.78, 5) is 25.3. The third kappa shape index (κ3) is 4.73. The Balaban J connectivity index is 1.86. The topological polar surface area (TPSA) is 80.6 Å². The molecule has 0 unspecified atom stereocenters. The van der Waals surface area contributed by atoms with Crippen LogP contribution in [0.3, 0.4) is 0 Å². The summed E-state index contributed by atoms with van der Waals surface area (Å²) in [6.07, 6.45) is 1.73. The van der Waals surface area contributed by atoms with Gasteiger partial charge in [-0.05, 0) is 37.6 Å². The van der Waals surface area contributed by atoms with Gasteiger partial charge in [0.05, 0.1) is 12.7 Å². The zero-order valence-electron chi connectivity index (χ0n) is 16.5. The van der Waals surface area contributed by atoms with Crippen LogP contribution >= 0.6 is 0 Å². The van der Waals surface area contributed by atoms with Crippen molar-refractivity contribution in [3.63, 3.8) is 0 Å². The zero-order chi connectivity index (χ0) is 20.8. The van der Waals surface area contributed by atoms with Gasteiger partial charge in [0.2, 0.25) is 0 Å². The maximum absolute atomic E-state index is 12.9. The molecule has 0 radical (unpaired) electrons. The van der Waals surface area contributed by atoms with Gasteiger partial charge in [-0.1, -0.05) is 48.5 Å². The Kier molecular flexibility index (Phi) is 6.14. The van der Waals surface area contributed by atoms with Crippen molar-refractivity contribution >= 4 is 23.5 Å². The van der Waals surface area contributed by atoms with Crippen LogP contribution in [-0.2, 0) is 4.79 Å². The van der Waals surface area contributed by atoms with Gasteiger partial charge in [0.1, 0.15) is 17.3 Å². The van der Waals surface area contributed by atoms with Gasteiger partial charge in [-0.3, -0.25) is 20.4 Å². The van der Waals surface area contributed by atoms with E-state index >= 15 is 0 Å². The first kappa shape index (κ1) is 19.9. The van der Waals surface area contributed by atoms with Crippen molar-refractivity contribution in [2.45, 2.75) is 13.8 Å². The molecule has 0 aliphatic rings. The monoisotopic (exact) mass is 390 g/mol. The molecule has 0 spiro atoms. The molecule has 2 N–H and O–H groups in total. The highest BCUT2D eigenvalue weighted by Gasteiger charge is 2.17. The summed E-state index contributed by atoms with van der Waals surface area (Å²) in [5, 5.41) is 0. The fraction of sp³-hybridized carbons (Fsp3) is 0.130. The van der Waals surface area contributed by atoms with E-state index in [1.54, 1.807) is 33.1 Å². The molecule has 0 fully saturated rings. The minimum Gasteiger partial charge on any atom is -0.496 e. The van der Waals surface area contributed by atoms with Crippen LogP contribution in [0.5, 0.6) is 5.75 Å². The van der Waals surface area contributed by atoms with Gasteiger partial charge in [0.25, 0.3) is 11.8 Å². The van der Waals surface area contributed by atoms with E-state index in [9.17, 15) is 9.59 Å². The normalized spacial score (nSPS) is 11.1. The molecule has 6 heteroatoms. The lowest BCUT2D eigenvalue weighted by Crippen LogP contribution is -2.42. The molecular formula is C23H22N2O4. The highest BCUT2D eigenvalue weighted by Crippen LogP contribution is 2.24. The van der Waals surface area contributed by atoms with E-state index in [-0.39, 0.29) is 0 Å². The third-order valence-corrected chi connectivity index (χ3v) is 4.34. The molecule has 29 heavy (non-hydrogen) atoms. The van der Waals surface area contributed by atoms with Gasteiger partial charge < -0.3 is 9.15 Å². The molecule has 1 aromatic heterocycles. The van der Waals surface area contributed by atoms with Gasteiger partial charge >= 0.3 is 0 Å². The molecular weight excluding hydrogens is 368 g/mol. The molecule has 2 amide bonds. The number of hydrogen-bond acceptors (Lipinski definition) is 4. The summed E-state index contributed by atoms with van der Waals surface area (Å²) in [5.41, 5.74) is 7.14. The average molecular weight is 390 g/mol. The SMILES string of the molecule is COc1ccccc1/C=C(/C(=O)NNC(=O)c1cc(C)oc1C)c1ccccc1. The average Bonchev–Trinajstić information content (AvgIpc) is 3.08. The molecule has 0 aliphatic heterocycles. The Morgan fingerprint density at radius 1 is 0.966 bits per heavy atom. The zero-order valence-corrected chi connectivity index (χ0v) is 16.5. The summed E-state index contributed by atoms with van der Waals surface area (Å²) in [5.74, 6) is 0.857. The Morgan fingerprint density at radius 2 is 1.66 bits per heavy atom. The van der Waals surface area contributed by atoms with Crippen LogP contribution in [-0.4, -0.2) is 18.9 Å². The lowest BCUT2D eigenvalue weighted by molar-refractivity contribution is -0.116. The maximum atomic E-state index is 12.9. The number of carbonyl (C=O) groups excluding carboxylic acids is 2. The van der Waals surface area contributed by atoms with E-state index in [2.05, 4.69) is 10.9 Å². The number of methoxy groups -OCH3 is 1. The van der Waals surface area contributed by atoms with E-state index in [1.165, 1.54) is 0 Å². The van der Waals surface area contributed by atoms with Crippen molar-refractivity contribution in [1.82, 2.24) is 10.9 Å². The van der Waals surface area contributed by atoms with Gasteiger partial charge in [0.15, 0.2) is 0 Å². The van der Waals surface area contributed by atoms with Crippen molar-refractivity contribution < 1.29 is 18.7 Å². The number of hydrogen-bond donors (Lipinski definition) is 2. The summed E-state index contributed by atoms with van der Waals surface area (Å²) < 4.78 is 10.7. The van der Waals surface area contributed by atoms with Crippen LogP contribution in [0.4, 0.5) is 0 Å². The number of benzene rings is 2. The van der Waals surface area contributed by atoms with E-state index in [0.717, 1.165) is 5.56 Å². The molecule has 1 heterocycles. The summed E-state index contributed by atoms with van der Waals surface area (Å²) in [6, 6.07) is 18.2. The number of aryl methyl sites for hydroxylation is 2. The standard InChI is InChI=1S/C23H22N2O4/c1-15-13-19(16(2)29-15)22(26)24-25-23(27)20(17-9-5-4-6-10-17)14-18-11-7-8-12-21(18)28-3/h4-14H,1-3H3,(H,24,26)(H,25,27)/b20-14+. The molecule has 0 aliphatic carbocycles. The second kappa shape index (κ2) is 8.93. The van der Waals surface area contributed by atoms with Gasteiger partial charge in [-0.25, -0.2) is 0 Å². The molecule has 0 saturated heterocycles. The Labute approximate surface area is 169 Å². The fourth-order valence-corrected chi connectivity index (χ4v) is 2.94. The van der Waals surface area contributed by atoms with Gasteiger partial charge in [-0.15, -0.1) is 0 Å². The van der Waals surface area contributed by atoms with E-state index in [1.807, 2.05) is 54.6 Å². The van der Waals surface area contributed by atoms with E-state index in [0.29, 0.717) is 34.0 Å². The van der Waals surface area contributed by atoms with Crippen molar-refractivity contribution in [3.8, 4) is 5.75 Å². The lowest BCUT2D eigenvalue weighted by Gasteiger charge is -2.12. The lowest BCUT2D eigenvalue weighted by atomic mass is 10.0. The second-order valence-corrected chi connectivity index (χ2v) is 6.40. The van der Waals surface area contributed by atoms with E-state index < -0.39 is 11.8 Å². The molecule has 0 atom stereocenters. The first-order chi connectivity index (χ1) is 14.0. The fourth-order valence-electron chi connectivity index (χ4n) is 2.94. The number of amides is 2. The predicted molar refractivity (Wildman–Crippen MR) is 111 cm³/mol. The molecule has 0 bridgehead atoms. The first-order valence-electron chi connectivity index (χ1n) is 9.07. The first-order valence-corrected chi connectivity index (χ1v) is 9.07. The molecule has 2 aromatic carbocycles. The molecule has 3 rings (SSSR count). The van der Waals surface area contributed by atoms with E-state index in [4.69, 9.17) is 9.15 Å². The molecule has 3 aromatic rings. The smallest absolute Gasteiger partial charge is 0.273 e. The molecule has 0 saturated carbocycles. The number of para-hydroxylation sites is 1. The van der Waals surface area contributed by atoms with Gasteiger partial charge in [0, 0.05) is 11.1 Å². The Hall–Kier alpha value is -3.80. The number of furan rings is 1. The maximum Gasteiger partial charge on any atom is 0.273 e. The Morgan fingerprint density at radius 3 is 2.31 bits per heavy atom. The highest BCUT2D eigenvalue weighted by molar-refractivity contribution is 6.24. The van der Waals surface area contributed by atoms with Crippen molar-refractivity contribution in [2.75, 3.05) is 7.11 Å². The number of nitrogens with one attached hydrogen (secondary N) is 2. The minimum absolute atomic E-state index is 0.373. The Bertz CT molecular complexity index is 1050. The van der Waals surface area contributed by atoms with Crippen molar-refractivity contribution in [3.05, 3.63) is 88.9 Å². The second-order valence-electron chi connectivity index (χ2n) is 6.40. The van der Waals surface area contributed by atoms with Crippen LogP contribution in [0.25, 0.3) is 11.6 Å². The minimum atomic E-state index is -0.451. The summed E-state index contributed by atoms with van der Waals surface area (Å²) in [6.45, 7) is 3.45. The summed E-state index contributed by atoms with van der Waals surface area (Å²) >= 11 is 0. The predicted octanol–water partition coefficient (Wildman–Crippen LogP) is 3.91. The van der Waals surface area contributed by atoms with Crippen LogP contribution in [0.15, 0.2) is 65.1 Å². The van der Waals surface area contributed by atoms with Crippen molar-refractivity contribution in [1.29, 1.82) is 0 Å². The quantitative estimate of drug-likeness (QED) is 0.393. The van der Waals surface area contributed by atoms with Crippen molar-refractivity contribution in [2.24, 2.45) is 0 Å². The van der Waals surface area contributed by atoms with Crippen LogP contribution < -0.4 is 15.6 Å². The van der Waals surface area contributed by atoms with Gasteiger partial charge in [-0.2, -0.15) is 0 Å². The molecule has 6 nitrogen and oxygen atoms in total. The molecule has 148 valence electrons. The number of carbonyl (C=O) groups is 2. The number of hydrazine groups is 1. The van der Waals surface area contributed by atoms with Crippen LogP contribution in [0.1, 0.15) is 33.0 Å². The third-order valence-electron chi connectivity index (χ3n) is 4.34. The van der Waals surface area contributed by atoms with Crippen LogP contribution in [0, 0.1) is 13.8 Å². The number of rotatable bonds is 5. The van der Waals surface area contributed by atoms with Crippen LogP contribution in [0.2, 0.25) is 0 Å².